The maximum Gasteiger partial charge on any atom is 0.239 e. The Morgan fingerprint density at radius 3 is 2.54 bits per heavy atom. The molecule has 1 N–H and O–H groups in total. The van der Waals surface area contributed by atoms with Gasteiger partial charge in [-0.2, -0.15) is 0 Å². The molecule has 0 spiro atoms. The van der Waals surface area contributed by atoms with Crippen LogP contribution in [0.2, 0.25) is 0 Å². The molecule has 1 aromatic carbocycles. The Bertz CT molecular complexity index is 1000. The summed E-state index contributed by atoms with van der Waals surface area (Å²) in [5.74, 6) is 1.54. The van der Waals surface area contributed by atoms with Gasteiger partial charge in [-0.1, -0.05) is 12.1 Å². The molecule has 0 bridgehead atoms. The molecule has 7 nitrogen and oxygen atoms in total. The number of aryl methyl sites for hydroxylation is 1. The molecular formula is C21H26N6O. The van der Waals surface area contributed by atoms with E-state index < -0.39 is 0 Å². The highest BCUT2D eigenvalue weighted by Crippen LogP contribution is 2.25. The number of piperazine rings is 1. The lowest BCUT2D eigenvalue weighted by Gasteiger charge is -2.31. The van der Waals surface area contributed by atoms with E-state index in [1.54, 1.807) is 6.20 Å². The van der Waals surface area contributed by atoms with E-state index in [9.17, 15) is 4.79 Å². The number of likely N-dealkylation sites (N-methyl/N-ethyl adjacent to an activating group) is 1. The second-order valence-corrected chi connectivity index (χ2v) is 7.51. The summed E-state index contributed by atoms with van der Waals surface area (Å²) < 4.78 is 2.07. The molecule has 1 fully saturated rings. The fourth-order valence-electron chi connectivity index (χ4n) is 3.53. The van der Waals surface area contributed by atoms with Crippen molar-refractivity contribution in [2.24, 2.45) is 7.05 Å². The van der Waals surface area contributed by atoms with E-state index in [-0.39, 0.29) is 5.91 Å². The van der Waals surface area contributed by atoms with Gasteiger partial charge in [-0.15, -0.1) is 0 Å². The van der Waals surface area contributed by atoms with Crippen LogP contribution in [0.4, 0.5) is 5.82 Å². The standard InChI is InChI=1S/C21H26N6O/c1-15-22-13-19(26(15)3)16-4-5-17-12-23-20(11-18(17)10-16)24-21(28)14-27-8-6-25(2)7-9-27/h4-5,10-13H,6-9,14H2,1-3H3,(H,23,24,28). The van der Waals surface area contributed by atoms with E-state index in [2.05, 4.69) is 54.9 Å². The lowest BCUT2D eigenvalue weighted by atomic mass is 10.1. The number of amides is 1. The molecule has 0 aliphatic carbocycles. The van der Waals surface area contributed by atoms with Gasteiger partial charge in [0.2, 0.25) is 5.91 Å². The zero-order valence-electron chi connectivity index (χ0n) is 16.6. The molecule has 1 saturated heterocycles. The van der Waals surface area contributed by atoms with Gasteiger partial charge in [0, 0.05) is 50.4 Å². The molecule has 3 heterocycles. The summed E-state index contributed by atoms with van der Waals surface area (Å²) in [5.41, 5.74) is 2.16. The van der Waals surface area contributed by atoms with Crippen molar-refractivity contribution in [2.45, 2.75) is 6.92 Å². The summed E-state index contributed by atoms with van der Waals surface area (Å²) in [6.45, 7) is 6.23. The van der Waals surface area contributed by atoms with Gasteiger partial charge in [-0.25, -0.2) is 9.97 Å². The first kappa shape index (κ1) is 18.6. The van der Waals surface area contributed by atoms with E-state index in [0.717, 1.165) is 54.0 Å². The molecule has 146 valence electrons. The minimum Gasteiger partial charge on any atom is -0.331 e. The van der Waals surface area contributed by atoms with Crippen molar-refractivity contribution in [1.82, 2.24) is 24.3 Å². The summed E-state index contributed by atoms with van der Waals surface area (Å²) in [7, 11) is 4.12. The van der Waals surface area contributed by atoms with Crippen LogP contribution >= 0.6 is 0 Å². The highest BCUT2D eigenvalue weighted by atomic mass is 16.2. The molecule has 2 aromatic heterocycles. The lowest BCUT2D eigenvalue weighted by Crippen LogP contribution is -2.47. The Hall–Kier alpha value is -2.77. The van der Waals surface area contributed by atoms with Crippen molar-refractivity contribution in [3.05, 3.63) is 42.5 Å². The van der Waals surface area contributed by atoms with Crippen LogP contribution in [0, 0.1) is 6.92 Å². The smallest absolute Gasteiger partial charge is 0.239 e. The average Bonchev–Trinajstić information content (AvgIpc) is 3.02. The van der Waals surface area contributed by atoms with Crippen LogP contribution in [-0.4, -0.2) is 70.0 Å². The van der Waals surface area contributed by atoms with E-state index in [0.29, 0.717) is 12.4 Å². The van der Waals surface area contributed by atoms with Crippen LogP contribution < -0.4 is 5.32 Å². The number of nitrogens with zero attached hydrogens (tertiary/aromatic N) is 5. The first-order valence-corrected chi connectivity index (χ1v) is 9.59. The number of anilines is 1. The van der Waals surface area contributed by atoms with Crippen molar-refractivity contribution in [1.29, 1.82) is 0 Å². The summed E-state index contributed by atoms with van der Waals surface area (Å²) in [6.07, 6.45) is 3.69. The Kier molecular flexibility index (Phi) is 5.11. The third-order valence-corrected chi connectivity index (χ3v) is 5.47. The Morgan fingerprint density at radius 2 is 1.82 bits per heavy atom. The van der Waals surface area contributed by atoms with Crippen molar-refractivity contribution in [3.63, 3.8) is 0 Å². The monoisotopic (exact) mass is 378 g/mol. The van der Waals surface area contributed by atoms with Gasteiger partial charge in [0.1, 0.15) is 11.6 Å². The molecule has 1 aliphatic rings. The number of pyridine rings is 1. The van der Waals surface area contributed by atoms with Gasteiger partial charge in [0.15, 0.2) is 0 Å². The van der Waals surface area contributed by atoms with Crippen molar-refractivity contribution < 1.29 is 4.79 Å². The zero-order valence-corrected chi connectivity index (χ0v) is 16.6. The number of carbonyl (C=O) groups is 1. The van der Waals surface area contributed by atoms with Gasteiger partial charge in [-0.3, -0.25) is 9.69 Å². The number of imidazole rings is 1. The van der Waals surface area contributed by atoms with Crippen LogP contribution in [0.3, 0.4) is 0 Å². The highest BCUT2D eigenvalue weighted by molar-refractivity contribution is 5.94. The number of hydrogen-bond donors (Lipinski definition) is 1. The molecule has 0 unspecified atom stereocenters. The Balaban J connectivity index is 1.50. The predicted molar refractivity (Wildman–Crippen MR) is 111 cm³/mol. The molecule has 0 radical (unpaired) electrons. The normalized spacial score (nSPS) is 15.8. The molecule has 0 saturated carbocycles. The van der Waals surface area contributed by atoms with Crippen LogP contribution in [0.15, 0.2) is 36.7 Å². The van der Waals surface area contributed by atoms with E-state index >= 15 is 0 Å². The summed E-state index contributed by atoms with van der Waals surface area (Å²) >= 11 is 0. The average molecular weight is 378 g/mol. The first-order chi connectivity index (χ1) is 13.5. The summed E-state index contributed by atoms with van der Waals surface area (Å²) in [5, 5.41) is 5.03. The van der Waals surface area contributed by atoms with Crippen LogP contribution in [0.5, 0.6) is 0 Å². The van der Waals surface area contributed by atoms with E-state index in [1.165, 1.54) is 0 Å². The number of rotatable bonds is 4. The van der Waals surface area contributed by atoms with Gasteiger partial charge in [0.05, 0.1) is 18.4 Å². The molecule has 7 heteroatoms. The van der Waals surface area contributed by atoms with Gasteiger partial charge in [-0.05, 0) is 31.5 Å². The number of hydrogen-bond acceptors (Lipinski definition) is 5. The van der Waals surface area contributed by atoms with Crippen molar-refractivity contribution >= 4 is 22.5 Å². The van der Waals surface area contributed by atoms with Crippen molar-refractivity contribution in [3.8, 4) is 11.3 Å². The SMILES string of the molecule is Cc1ncc(-c2ccc3cnc(NC(=O)CN4CCN(C)CC4)cc3c2)n1C. The van der Waals surface area contributed by atoms with Gasteiger partial charge < -0.3 is 14.8 Å². The van der Waals surface area contributed by atoms with E-state index in [4.69, 9.17) is 0 Å². The topological polar surface area (TPSA) is 66.3 Å². The Labute approximate surface area is 165 Å². The lowest BCUT2D eigenvalue weighted by molar-refractivity contribution is -0.117. The highest BCUT2D eigenvalue weighted by Gasteiger charge is 2.17. The summed E-state index contributed by atoms with van der Waals surface area (Å²) in [6, 6.07) is 8.18. The fourth-order valence-corrected chi connectivity index (χ4v) is 3.53. The Morgan fingerprint density at radius 1 is 1.04 bits per heavy atom. The van der Waals surface area contributed by atoms with E-state index in [1.807, 2.05) is 26.2 Å². The quantitative estimate of drug-likeness (QED) is 0.753. The fraction of sp³-hybridized carbons (Fsp3) is 0.381. The largest absolute Gasteiger partial charge is 0.331 e. The van der Waals surface area contributed by atoms with Crippen LogP contribution in [0.1, 0.15) is 5.82 Å². The minimum absolute atomic E-state index is 0.0187. The molecule has 4 rings (SSSR count). The van der Waals surface area contributed by atoms with Gasteiger partial charge in [0.25, 0.3) is 0 Å². The van der Waals surface area contributed by atoms with Crippen LogP contribution in [0.25, 0.3) is 22.0 Å². The maximum absolute atomic E-state index is 12.4. The molecule has 3 aromatic rings. The number of aromatic nitrogens is 3. The first-order valence-electron chi connectivity index (χ1n) is 9.59. The minimum atomic E-state index is -0.0187. The predicted octanol–water partition coefficient (Wildman–Crippen LogP) is 2.13. The number of carbonyl (C=O) groups excluding carboxylic acids is 1. The summed E-state index contributed by atoms with van der Waals surface area (Å²) in [4.78, 5) is 25.6. The van der Waals surface area contributed by atoms with Crippen LogP contribution in [-0.2, 0) is 11.8 Å². The second kappa shape index (κ2) is 7.69. The molecule has 0 atom stereocenters. The number of benzene rings is 1. The van der Waals surface area contributed by atoms with Crippen molar-refractivity contribution in [2.75, 3.05) is 45.1 Å². The maximum atomic E-state index is 12.4. The van der Waals surface area contributed by atoms with Gasteiger partial charge >= 0.3 is 0 Å². The zero-order chi connectivity index (χ0) is 19.7. The third kappa shape index (κ3) is 3.90. The number of fused-ring (bicyclic) bond motifs is 1. The molecular weight excluding hydrogens is 352 g/mol. The third-order valence-electron chi connectivity index (χ3n) is 5.47. The second-order valence-electron chi connectivity index (χ2n) is 7.51. The molecule has 1 amide bonds. The number of nitrogens with one attached hydrogen (secondary N) is 1. The molecule has 1 aliphatic heterocycles. The molecule has 28 heavy (non-hydrogen) atoms.